The smallest absolute Gasteiger partial charge is 0.466 e. The molecule has 0 aliphatic carbocycles. The van der Waals surface area contributed by atoms with E-state index < -0.39 is 24.8 Å². The Morgan fingerprint density at radius 2 is 1.38 bits per heavy atom. The number of aromatic nitrogens is 1. The molecule has 1 aromatic heterocycles. The molecule has 0 fully saturated rings. The van der Waals surface area contributed by atoms with Crippen LogP contribution in [0.5, 0.6) is 5.75 Å². The minimum absolute atomic E-state index is 0.159. The normalized spacial score (nSPS) is 11.3. The number of aromatic hydroxyl groups is 1. The van der Waals surface area contributed by atoms with Crippen LogP contribution in [0.15, 0.2) is 18.2 Å². The largest absolute Gasteiger partial charge is 0.508 e. The number of aliphatic hydroxyl groups excluding tert-OH is 4. The monoisotopic (exact) mass is 502 g/mol. The molecule has 0 saturated heterocycles. The van der Waals surface area contributed by atoms with Gasteiger partial charge in [-0.05, 0) is 32.0 Å². The van der Waals surface area contributed by atoms with Crippen molar-refractivity contribution in [3.05, 3.63) is 23.2 Å². The number of amides is 1. The third-order valence-corrected chi connectivity index (χ3v) is 4.06. The highest BCUT2D eigenvalue weighted by atomic mass is 32.1. The van der Waals surface area contributed by atoms with Gasteiger partial charge in [0.05, 0.1) is 47.7 Å². The van der Waals surface area contributed by atoms with Crippen molar-refractivity contribution in [1.29, 1.82) is 0 Å². The zero-order valence-corrected chi connectivity index (χ0v) is 19.2. The number of phosphoric acid groups is 1. The van der Waals surface area contributed by atoms with Crippen molar-refractivity contribution in [3.8, 4) is 5.75 Å². The molecule has 14 N–H and O–H groups in total. The number of thiazole rings is 1. The number of aliphatic hydroxyl groups is 4. The second kappa shape index (κ2) is 14.4. The van der Waals surface area contributed by atoms with Gasteiger partial charge in [0.2, 0.25) is 0 Å². The molecular weight excluding hydrogens is 471 g/mol. The Morgan fingerprint density at radius 3 is 1.66 bits per heavy atom. The van der Waals surface area contributed by atoms with Gasteiger partial charge in [0.25, 0.3) is 5.91 Å². The van der Waals surface area contributed by atoms with Crippen LogP contribution in [0, 0.1) is 0 Å². The van der Waals surface area contributed by atoms with Gasteiger partial charge < -0.3 is 57.4 Å². The maximum Gasteiger partial charge on any atom is 0.466 e. The number of carbonyl (C=O) groups excluding carboxylic acids is 1. The zero-order chi connectivity index (χ0) is 25.8. The molecule has 2 rings (SSSR count). The van der Waals surface area contributed by atoms with E-state index in [0.717, 1.165) is 4.70 Å². The fraction of sp³-hybridized carbons (Fsp3) is 0.500. The van der Waals surface area contributed by atoms with E-state index in [9.17, 15) is 4.79 Å². The van der Waals surface area contributed by atoms with E-state index in [1.165, 1.54) is 17.4 Å². The summed E-state index contributed by atoms with van der Waals surface area (Å²) in [6.45, 7) is 2.44. The number of carbonyl (C=O) groups is 1. The lowest BCUT2D eigenvalue weighted by Gasteiger charge is -2.16. The van der Waals surface area contributed by atoms with Gasteiger partial charge in [-0.2, -0.15) is 0 Å². The molecule has 0 saturated carbocycles. The molecule has 0 bridgehead atoms. The van der Waals surface area contributed by atoms with E-state index >= 15 is 0 Å². The van der Waals surface area contributed by atoms with Crippen LogP contribution in [-0.2, 0) is 4.57 Å². The van der Waals surface area contributed by atoms with Crippen molar-refractivity contribution < 1.29 is 49.6 Å². The standard InChI is InChI=1S/C8H6N2O2S.2C4H11NO2.H3O4P/c9-7(12)8-10-5-2-1-4(11)3-6(5)13-8;2*1-4(5,2-6)3-7;1-5(2,3)4/h1-3,11H,(H2,9,12);2*6-7H,2-3,5H2,1H3;(H3,1,2,3,4). The van der Waals surface area contributed by atoms with E-state index in [-0.39, 0.29) is 37.2 Å². The van der Waals surface area contributed by atoms with Crippen LogP contribution < -0.4 is 17.2 Å². The predicted molar refractivity (Wildman–Crippen MR) is 118 cm³/mol. The summed E-state index contributed by atoms with van der Waals surface area (Å²) in [5.74, 6) is -0.382. The Bertz CT molecular complexity index is 835. The molecule has 0 aliphatic heterocycles. The number of nitrogens with zero attached hydrogens (tertiary/aromatic N) is 1. The van der Waals surface area contributed by atoms with E-state index in [4.69, 9.17) is 62.0 Å². The highest BCUT2D eigenvalue weighted by Crippen LogP contribution is 2.26. The average Bonchev–Trinajstić information content (AvgIpc) is 3.11. The highest BCUT2D eigenvalue weighted by molar-refractivity contribution is 7.45. The molecule has 0 aliphatic rings. The summed E-state index contributed by atoms with van der Waals surface area (Å²) >= 11 is 1.17. The Morgan fingerprint density at radius 1 is 1.00 bits per heavy atom. The molecule has 16 heteroatoms. The van der Waals surface area contributed by atoms with Crippen molar-refractivity contribution in [2.24, 2.45) is 17.2 Å². The molecule has 1 amide bonds. The molecule has 1 heterocycles. The number of phenols is 1. The van der Waals surface area contributed by atoms with Crippen molar-refractivity contribution >= 4 is 35.3 Å². The number of primary amides is 1. The van der Waals surface area contributed by atoms with Crippen LogP contribution in [0.2, 0.25) is 0 Å². The maximum atomic E-state index is 10.8. The Kier molecular flexibility index (Phi) is 14.6. The van der Waals surface area contributed by atoms with Crippen LogP contribution in [0.25, 0.3) is 10.2 Å². The maximum absolute atomic E-state index is 10.8. The molecule has 0 radical (unpaired) electrons. The van der Waals surface area contributed by atoms with Gasteiger partial charge in [0, 0.05) is 0 Å². The number of benzene rings is 1. The van der Waals surface area contributed by atoms with Gasteiger partial charge >= 0.3 is 7.82 Å². The first-order valence-electron chi connectivity index (χ1n) is 8.60. The Labute approximate surface area is 187 Å². The van der Waals surface area contributed by atoms with Gasteiger partial charge in [0.1, 0.15) is 5.75 Å². The highest BCUT2D eigenvalue weighted by Gasteiger charge is 2.14. The molecule has 32 heavy (non-hydrogen) atoms. The van der Waals surface area contributed by atoms with Crippen LogP contribution >= 0.6 is 19.2 Å². The quantitative estimate of drug-likeness (QED) is 0.189. The molecule has 0 atom stereocenters. The van der Waals surface area contributed by atoms with E-state index in [0.29, 0.717) is 5.52 Å². The van der Waals surface area contributed by atoms with Gasteiger partial charge in [-0.15, -0.1) is 11.3 Å². The van der Waals surface area contributed by atoms with Crippen molar-refractivity contribution in [2.75, 3.05) is 26.4 Å². The molecule has 0 unspecified atom stereocenters. The molecule has 2 aromatic rings. The topological polar surface area (TPSA) is 287 Å². The molecule has 14 nitrogen and oxygen atoms in total. The zero-order valence-electron chi connectivity index (χ0n) is 17.5. The number of hydrogen-bond acceptors (Lipinski definition) is 11. The van der Waals surface area contributed by atoms with Gasteiger partial charge in [-0.3, -0.25) is 4.79 Å². The molecule has 0 spiro atoms. The first-order chi connectivity index (χ1) is 14.4. The number of rotatable bonds is 5. The van der Waals surface area contributed by atoms with Crippen LogP contribution in [0.3, 0.4) is 0 Å². The predicted octanol–water partition coefficient (Wildman–Crippen LogP) is -2.45. The summed E-state index contributed by atoms with van der Waals surface area (Å²) in [5, 5.41) is 42.6. The molecular formula is C16H31N4O10PS. The first kappa shape index (κ1) is 32.4. The second-order valence-electron chi connectivity index (χ2n) is 6.99. The summed E-state index contributed by atoms with van der Waals surface area (Å²) < 4.78 is 9.64. The number of hydrogen-bond donors (Lipinski definition) is 11. The van der Waals surface area contributed by atoms with Crippen LogP contribution in [0.4, 0.5) is 0 Å². The molecule has 186 valence electrons. The summed E-state index contributed by atoms with van der Waals surface area (Å²) in [5.41, 5.74) is 14.6. The van der Waals surface area contributed by atoms with Crippen molar-refractivity contribution in [1.82, 2.24) is 4.98 Å². The van der Waals surface area contributed by atoms with E-state index in [1.807, 2.05) is 0 Å². The summed E-state index contributed by atoms with van der Waals surface area (Å²) in [4.78, 5) is 36.3. The summed E-state index contributed by atoms with van der Waals surface area (Å²) in [7, 11) is -4.64. The number of phenolic OH excluding ortho intramolecular Hbond substituents is 1. The fourth-order valence-corrected chi connectivity index (χ4v) is 1.97. The Balaban J connectivity index is 0. The minimum Gasteiger partial charge on any atom is -0.508 e. The van der Waals surface area contributed by atoms with E-state index in [2.05, 4.69) is 4.98 Å². The minimum atomic E-state index is -4.64. The van der Waals surface area contributed by atoms with Gasteiger partial charge in [-0.1, -0.05) is 0 Å². The van der Waals surface area contributed by atoms with Crippen molar-refractivity contribution in [3.63, 3.8) is 0 Å². The lowest BCUT2D eigenvalue weighted by Crippen LogP contribution is -2.43. The van der Waals surface area contributed by atoms with Gasteiger partial charge in [0.15, 0.2) is 5.01 Å². The third-order valence-electron chi connectivity index (χ3n) is 3.03. The van der Waals surface area contributed by atoms with Crippen LogP contribution in [0.1, 0.15) is 23.6 Å². The van der Waals surface area contributed by atoms with E-state index in [1.54, 1.807) is 26.0 Å². The Hall–Kier alpha value is -1.75. The van der Waals surface area contributed by atoms with Crippen molar-refractivity contribution in [2.45, 2.75) is 24.9 Å². The summed E-state index contributed by atoms with van der Waals surface area (Å²) in [6, 6.07) is 4.72. The third kappa shape index (κ3) is 16.9. The number of fused-ring (bicyclic) bond motifs is 1. The first-order valence-corrected chi connectivity index (χ1v) is 11.0. The fourth-order valence-electron chi connectivity index (χ4n) is 1.12. The van der Waals surface area contributed by atoms with Crippen LogP contribution in [-0.4, -0.2) is 88.6 Å². The van der Waals surface area contributed by atoms with Gasteiger partial charge in [-0.25, -0.2) is 9.55 Å². The summed E-state index contributed by atoms with van der Waals surface area (Å²) in [6.07, 6.45) is 0. The number of nitrogens with two attached hydrogens (primary N) is 3. The molecule has 1 aromatic carbocycles. The average molecular weight is 502 g/mol. The second-order valence-corrected chi connectivity index (χ2v) is 9.05. The lowest BCUT2D eigenvalue weighted by atomic mass is 10.1. The lowest BCUT2D eigenvalue weighted by molar-refractivity contribution is 0.1000. The SMILES string of the molecule is CC(N)(CO)CO.CC(N)(CO)CO.NC(=O)c1nc2ccc(O)cc2s1.O=P(O)(O)O.